The van der Waals surface area contributed by atoms with Crippen molar-refractivity contribution in [2.75, 3.05) is 12.4 Å². The zero-order valence-electron chi connectivity index (χ0n) is 6.93. The van der Waals surface area contributed by atoms with Gasteiger partial charge in [-0.05, 0) is 0 Å². The fraction of sp³-hybridized carbons (Fsp3) is 0.857. The molecule has 3 N–H and O–H groups in total. The van der Waals surface area contributed by atoms with Gasteiger partial charge in [-0.25, -0.2) is 0 Å². The van der Waals surface area contributed by atoms with E-state index in [0.29, 0.717) is 5.75 Å². The van der Waals surface area contributed by atoms with Crippen molar-refractivity contribution in [1.82, 2.24) is 0 Å². The molecule has 0 heterocycles. The number of thioether (sulfide) groups is 1. The van der Waals surface area contributed by atoms with Gasteiger partial charge in [0.05, 0.1) is 19.1 Å². The summed E-state index contributed by atoms with van der Waals surface area (Å²) in [7, 11) is 0. The van der Waals surface area contributed by atoms with Crippen LogP contribution < -0.4 is 0 Å². The summed E-state index contributed by atoms with van der Waals surface area (Å²) in [5.41, 5.74) is 0. The molecule has 0 radical (unpaired) electrons. The highest BCUT2D eigenvalue weighted by molar-refractivity contribution is 7.99. The van der Waals surface area contributed by atoms with Crippen LogP contribution in [0.15, 0.2) is 0 Å². The summed E-state index contributed by atoms with van der Waals surface area (Å²) in [5.74, 6) is -0.459. The quantitative estimate of drug-likeness (QED) is 0.552. The Hall–Kier alpha value is -0.260. The van der Waals surface area contributed by atoms with Crippen LogP contribution >= 0.6 is 11.8 Å². The minimum absolute atomic E-state index is 0.0244. The number of hydrogen-bond donors (Lipinski definition) is 3. The van der Waals surface area contributed by atoms with Gasteiger partial charge in [-0.2, -0.15) is 11.8 Å². The van der Waals surface area contributed by atoms with E-state index in [1.54, 1.807) is 6.92 Å². The zero-order chi connectivity index (χ0) is 9.56. The molecular weight excluding hydrogens is 180 g/mol. The molecule has 0 spiro atoms. The van der Waals surface area contributed by atoms with Crippen molar-refractivity contribution < 1.29 is 20.1 Å². The second-order valence-corrected chi connectivity index (χ2v) is 4.05. The molecule has 2 atom stereocenters. The Bertz CT molecular complexity index is 139. The third kappa shape index (κ3) is 6.45. The van der Waals surface area contributed by atoms with Crippen molar-refractivity contribution >= 4 is 17.7 Å². The number of aliphatic carboxylic acids is 1. The Morgan fingerprint density at radius 1 is 1.58 bits per heavy atom. The van der Waals surface area contributed by atoms with Gasteiger partial charge in [0.2, 0.25) is 0 Å². The molecule has 0 saturated carbocycles. The average Bonchev–Trinajstić information content (AvgIpc) is 1.99. The van der Waals surface area contributed by atoms with Gasteiger partial charge in [-0.1, -0.05) is 6.92 Å². The summed E-state index contributed by atoms with van der Waals surface area (Å²) < 4.78 is 0. The number of rotatable bonds is 6. The summed E-state index contributed by atoms with van der Waals surface area (Å²) >= 11 is 1.35. The lowest BCUT2D eigenvalue weighted by molar-refractivity contribution is -0.136. The molecule has 72 valence electrons. The van der Waals surface area contributed by atoms with Crippen LogP contribution in [0.1, 0.15) is 13.3 Å². The van der Waals surface area contributed by atoms with E-state index in [-0.39, 0.29) is 18.3 Å². The minimum atomic E-state index is -0.839. The Morgan fingerprint density at radius 3 is 2.58 bits per heavy atom. The molecule has 0 saturated heterocycles. The van der Waals surface area contributed by atoms with E-state index in [4.69, 9.17) is 15.3 Å². The van der Waals surface area contributed by atoms with E-state index < -0.39 is 12.1 Å². The molecule has 5 heteroatoms. The topological polar surface area (TPSA) is 77.8 Å². The molecule has 0 aromatic rings. The van der Waals surface area contributed by atoms with Gasteiger partial charge in [0.1, 0.15) is 0 Å². The lowest BCUT2D eigenvalue weighted by atomic mass is 10.3. The third-order valence-corrected chi connectivity index (χ3v) is 2.56. The fourth-order valence-electron chi connectivity index (χ4n) is 0.633. The standard InChI is InChI=1S/C7H14O4S/c1-5(2-7(10)11)12-4-6(9)3-8/h5-6,8-9H,2-4H2,1H3,(H,10,11). The first kappa shape index (κ1) is 11.7. The van der Waals surface area contributed by atoms with E-state index in [2.05, 4.69) is 0 Å². The predicted octanol–water partition coefficient (Wildman–Crippen LogP) is -0.0640. The van der Waals surface area contributed by atoms with Crippen LogP contribution in [0.3, 0.4) is 0 Å². The number of hydrogen-bond acceptors (Lipinski definition) is 4. The van der Waals surface area contributed by atoms with E-state index in [0.717, 1.165) is 0 Å². The highest BCUT2D eigenvalue weighted by Gasteiger charge is 2.10. The summed E-state index contributed by atoms with van der Waals surface area (Å²) in [4.78, 5) is 10.2. The summed E-state index contributed by atoms with van der Waals surface area (Å²) in [6.45, 7) is 1.51. The van der Waals surface area contributed by atoms with Crippen LogP contribution in [0.25, 0.3) is 0 Å². The Balaban J connectivity index is 3.43. The molecule has 0 aliphatic carbocycles. The van der Waals surface area contributed by atoms with Crippen LogP contribution in [-0.4, -0.2) is 45.0 Å². The van der Waals surface area contributed by atoms with E-state index in [1.807, 2.05) is 0 Å². The molecular formula is C7H14O4S. The summed E-state index contributed by atoms with van der Waals surface area (Å²) in [6.07, 6.45) is -0.658. The van der Waals surface area contributed by atoms with Crippen molar-refractivity contribution in [2.24, 2.45) is 0 Å². The average molecular weight is 194 g/mol. The van der Waals surface area contributed by atoms with Crippen LogP contribution in [0.4, 0.5) is 0 Å². The number of carboxylic acids is 1. The maximum Gasteiger partial charge on any atom is 0.304 e. The molecule has 0 fully saturated rings. The number of aliphatic hydroxyl groups excluding tert-OH is 2. The van der Waals surface area contributed by atoms with Gasteiger partial charge in [-0.3, -0.25) is 4.79 Å². The maximum atomic E-state index is 10.2. The molecule has 0 aromatic heterocycles. The number of carboxylic acid groups (broad SMARTS) is 1. The normalized spacial score (nSPS) is 15.6. The summed E-state index contributed by atoms with van der Waals surface area (Å²) in [5, 5.41) is 25.7. The van der Waals surface area contributed by atoms with E-state index in [1.165, 1.54) is 11.8 Å². The van der Waals surface area contributed by atoms with Gasteiger partial charge in [-0.15, -0.1) is 0 Å². The second kappa shape index (κ2) is 6.28. The molecule has 0 amide bonds. The lowest BCUT2D eigenvalue weighted by Gasteiger charge is -2.10. The third-order valence-electron chi connectivity index (χ3n) is 1.25. The molecule has 4 nitrogen and oxygen atoms in total. The van der Waals surface area contributed by atoms with Gasteiger partial charge in [0.15, 0.2) is 0 Å². The predicted molar refractivity (Wildman–Crippen MR) is 47.3 cm³/mol. The Kier molecular flexibility index (Phi) is 6.14. The van der Waals surface area contributed by atoms with E-state index in [9.17, 15) is 4.79 Å². The highest BCUT2D eigenvalue weighted by atomic mass is 32.2. The number of carbonyl (C=O) groups is 1. The maximum absolute atomic E-state index is 10.2. The second-order valence-electron chi connectivity index (χ2n) is 2.58. The van der Waals surface area contributed by atoms with Crippen LogP contribution in [0, 0.1) is 0 Å². The van der Waals surface area contributed by atoms with Gasteiger partial charge >= 0.3 is 5.97 Å². The fourth-order valence-corrected chi connectivity index (χ4v) is 1.55. The van der Waals surface area contributed by atoms with Gasteiger partial charge < -0.3 is 15.3 Å². The smallest absolute Gasteiger partial charge is 0.304 e. The van der Waals surface area contributed by atoms with E-state index >= 15 is 0 Å². The monoisotopic (exact) mass is 194 g/mol. The van der Waals surface area contributed by atoms with Gasteiger partial charge in [0.25, 0.3) is 0 Å². The van der Waals surface area contributed by atoms with Crippen LogP contribution in [0.5, 0.6) is 0 Å². The molecule has 0 aliphatic rings. The molecule has 0 rings (SSSR count). The molecule has 0 bridgehead atoms. The Labute approximate surface area is 75.6 Å². The summed E-state index contributed by atoms with van der Waals surface area (Å²) in [6, 6.07) is 0. The zero-order valence-corrected chi connectivity index (χ0v) is 7.75. The molecule has 0 aromatic carbocycles. The number of aliphatic hydroxyl groups is 2. The van der Waals surface area contributed by atoms with Gasteiger partial charge in [0, 0.05) is 11.0 Å². The van der Waals surface area contributed by atoms with Crippen LogP contribution in [-0.2, 0) is 4.79 Å². The lowest BCUT2D eigenvalue weighted by Crippen LogP contribution is -2.17. The largest absolute Gasteiger partial charge is 0.481 e. The van der Waals surface area contributed by atoms with Crippen molar-refractivity contribution in [3.8, 4) is 0 Å². The van der Waals surface area contributed by atoms with Crippen molar-refractivity contribution in [2.45, 2.75) is 24.7 Å². The Morgan fingerprint density at radius 2 is 2.17 bits per heavy atom. The first-order chi connectivity index (χ1) is 5.56. The SMILES string of the molecule is CC(CC(=O)O)SCC(O)CO. The highest BCUT2D eigenvalue weighted by Crippen LogP contribution is 2.14. The molecule has 2 unspecified atom stereocenters. The molecule has 12 heavy (non-hydrogen) atoms. The first-order valence-electron chi connectivity index (χ1n) is 3.68. The minimum Gasteiger partial charge on any atom is -0.481 e. The van der Waals surface area contributed by atoms with Crippen molar-refractivity contribution in [1.29, 1.82) is 0 Å². The molecule has 0 aliphatic heterocycles. The first-order valence-corrected chi connectivity index (χ1v) is 4.73. The van der Waals surface area contributed by atoms with Crippen LogP contribution in [0.2, 0.25) is 0 Å². The van der Waals surface area contributed by atoms with Crippen molar-refractivity contribution in [3.63, 3.8) is 0 Å². The van der Waals surface area contributed by atoms with Crippen molar-refractivity contribution in [3.05, 3.63) is 0 Å².